The summed E-state index contributed by atoms with van der Waals surface area (Å²) < 4.78 is 0. The second-order valence-corrected chi connectivity index (χ2v) is 0.848. The van der Waals surface area contributed by atoms with Crippen molar-refractivity contribution in [1.82, 2.24) is 0 Å². The second kappa shape index (κ2) is 6.43. The number of carbonyl (C=O) groups is 1. The fourth-order valence-electron chi connectivity index (χ4n) is 0.0873. The van der Waals surface area contributed by atoms with Crippen LogP contribution in [0.3, 0.4) is 0 Å². The van der Waals surface area contributed by atoms with Crippen LogP contribution in [-0.4, -0.2) is 17.7 Å². The van der Waals surface area contributed by atoms with Gasteiger partial charge in [0.05, 0.1) is 0 Å². The van der Waals surface area contributed by atoms with Gasteiger partial charge in [0.2, 0.25) is 0 Å². The SMILES string of the molecule is O=C(O)CC[O-].[Na+]. The molecule has 0 fully saturated rings. The molecule has 7 heavy (non-hydrogen) atoms. The minimum absolute atomic E-state index is 0. The monoisotopic (exact) mass is 112 g/mol. The van der Waals surface area contributed by atoms with Gasteiger partial charge in [-0.05, 0) is 0 Å². The van der Waals surface area contributed by atoms with E-state index in [-0.39, 0.29) is 36.0 Å². The molecule has 36 valence electrons. The summed E-state index contributed by atoms with van der Waals surface area (Å²) in [4.78, 5) is 9.40. The van der Waals surface area contributed by atoms with Gasteiger partial charge in [0, 0.05) is 6.42 Å². The van der Waals surface area contributed by atoms with E-state index in [1.165, 1.54) is 0 Å². The molecule has 0 aromatic carbocycles. The summed E-state index contributed by atoms with van der Waals surface area (Å²) in [5, 5.41) is 17.1. The van der Waals surface area contributed by atoms with Crippen LogP contribution in [0.2, 0.25) is 0 Å². The number of carboxylic acids is 1. The first kappa shape index (κ1) is 10.4. The summed E-state index contributed by atoms with van der Waals surface area (Å²) in [6.45, 7) is -0.519. The van der Waals surface area contributed by atoms with Crippen molar-refractivity contribution in [2.24, 2.45) is 0 Å². The number of hydrogen-bond donors (Lipinski definition) is 1. The number of aliphatic carboxylic acids is 1. The predicted octanol–water partition coefficient (Wildman–Crippen LogP) is -4.17. The van der Waals surface area contributed by atoms with Gasteiger partial charge in [0.1, 0.15) is 0 Å². The molecule has 0 bridgehead atoms. The van der Waals surface area contributed by atoms with E-state index in [2.05, 4.69) is 0 Å². The van der Waals surface area contributed by atoms with Crippen LogP contribution >= 0.6 is 0 Å². The Morgan fingerprint density at radius 3 is 2.14 bits per heavy atom. The molecule has 0 aliphatic heterocycles. The zero-order valence-electron chi connectivity index (χ0n) is 4.18. The van der Waals surface area contributed by atoms with Crippen LogP contribution in [-0.2, 0) is 4.79 Å². The van der Waals surface area contributed by atoms with Crippen LogP contribution in [0.5, 0.6) is 0 Å². The minimum Gasteiger partial charge on any atom is -0.854 e. The Kier molecular flexibility index (Phi) is 9.57. The molecule has 4 heteroatoms. The fraction of sp³-hybridized carbons (Fsp3) is 0.667. The maximum atomic E-state index is 9.40. The van der Waals surface area contributed by atoms with Crippen LogP contribution in [0, 0.1) is 0 Å². The zero-order chi connectivity index (χ0) is 4.99. The first-order chi connectivity index (χ1) is 2.77. The minimum atomic E-state index is -1.02. The van der Waals surface area contributed by atoms with Gasteiger partial charge in [-0.2, -0.15) is 0 Å². The van der Waals surface area contributed by atoms with E-state index in [0.717, 1.165) is 0 Å². The van der Waals surface area contributed by atoms with Crippen molar-refractivity contribution in [3.8, 4) is 0 Å². The van der Waals surface area contributed by atoms with Crippen LogP contribution in [0.15, 0.2) is 0 Å². The molecule has 0 aliphatic rings. The molecule has 0 spiro atoms. The van der Waals surface area contributed by atoms with Crippen molar-refractivity contribution in [2.45, 2.75) is 6.42 Å². The van der Waals surface area contributed by atoms with E-state index >= 15 is 0 Å². The normalized spacial score (nSPS) is 7.00. The maximum absolute atomic E-state index is 9.40. The number of carboxylic acid groups (broad SMARTS) is 1. The Hall–Kier alpha value is 0.430. The van der Waals surface area contributed by atoms with E-state index in [4.69, 9.17) is 5.11 Å². The third kappa shape index (κ3) is 10.7. The summed E-state index contributed by atoms with van der Waals surface area (Å²) in [6.07, 6.45) is -0.264. The van der Waals surface area contributed by atoms with Crippen molar-refractivity contribution in [2.75, 3.05) is 6.61 Å². The van der Waals surface area contributed by atoms with Gasteiger partial charge in [-0.25, -0.2) is 0 Å². The summed E-state index contributed by atoms with van der Waals surface area (Å²) >= 11 is 0. The Labute approximate surface area is 63.6 Å². The molecule has 0 saturated heterocycles. The van der Waals surface area contributed by atoms with Crippen molar-refractivity contribution >= 4 is 5.97 Å². The Morgan fingerprint density at radius 1 is 1.71 bits per heavy atom. The Morgan fingerprint density at radius 2 is 2.14 bits per heavy atom. The van der Waals surface area contributed by atoms with Crippen LogP contribution in [0.1, 0.15) is 6.42 Å². The predicted molar refractivity (Wildman–Crippen MR) is 17.1 cm³/mol. The van der Waals surface area contributed by atoms with Crippen molar-refractivity contribution < 1.29 is 44.6 Å². The van der Waals surface area contributed by atoms with Gasteiger partial charge in [0.25, 0.3) is 0 Å². The quantitative estimate of drug-likeness (QED) is 0.369. The molecule has 0 radical (unpaired) electrons. The summed E-state index contributed by atoms with van der Waals surface area (Å²) in [5.74, 6) is -1.02. The summed E-state index contributed by atoms with van der Waals surface area (Å²) in [6, 6.07) is 0. The molecule has 0 aliphatic carbocycles. The molecule has 3 nitrogen and oxygen atoms in total. The van der Waals surface area contributed by atoms with Gasteiger partial charge in [0.15, 0.2) is 0 Å². The summed E-state index contributed by atoms with van der Waals surface area (Å²) in [5.41, 5.74) is 0. The maximum Gasteiger partial charge on any atom is 1.00 e. The van der Waals surface area contributed by atoms with E-state index in [1.807, 2.05) is 0 Å². The topological polar surface area (TPSA) is 60.4 Å². The van der Waals surface area contributed by atoms with Gasteiger partial charge < -0.3 is 10.2 Å². The standard InChI is InChI=1S/C3H5O3.Na/c4-2-1-3(5)6;/h1-2H2,(H,5,6);/q-1;+1. The number of hydrogen-bond acceptors (Lipinski definition) is 2. The van der Waals surface area contributed by atoms with Crippen LogP contribution in [0.25, 0.3) is 0 Å². The molecule has 0 rings (SSSR count). The van der Waals surface area contributed by atoms with Crippen molar-refractivity contribution in [1.29, 1.82) is 0 Å². The van der Waals surface area contributed by atoms with Gasteiger partial charge in [-0.1, -0.05) is 0 Å². The molecule has 0 aromatic heterocycles. The zero-order valence-corrected chi connectivity index (χ0v) is 6.18. The van der Waals surface area contributed by atoms with E-state index in [9.17, 15) is 9.90 Å². The Bertz CT molecular complexity index is 54.1. The smallest absolute Gasteiger partial charge is 0.854 e. The summed E-state index contributed by atoms with van der Waals surface area (Å²) in [7, 11) is 0. The first-order valence-electron chi connectivity index (χ1n) is 1.57. The van der Waals surface area contributed by atoms with E-state index in [1.54, 1.807) is 0 Å². The molecule has 0 atom stereocenters. The van der Waals surface area contributed by atoms with Crippen molar-refractivity contribution in [3.05, 3.63) is 0 Å². The molecule has 0 aromatic rings. The number of rotatable bonds is 2. The molecular weight excluding hydrogens is 107 g/mol. The van der Waals surface area contributed by atoms with E-state index in [0.29, 0.717) is 0 Å². The molecular formula is C3H5NaO3. The molecule has 0 heterocycles. The molecule has 0 saturated carbocycles. The third-order valence-corrected chi connectivity index (χ3v) is 0.316. The average molecular weight is 112 g/mol. The van der Waals surface area contributed by atoms with Crippen LogP contribution < -0.4 is 34.7 Å². The molecule has 0 unspecified atom stereocenters. The first-order valence-corrected chi connectivity index (χ1v) is 1.57. The second-order valence-electron chi connectivity index (χ2n) is 0.848. The van der Waals surface area contributed by atoms with Crippen LogP contribution in [0.4, 0.5) is 0 Å². The third-order valence-electron chi connectivity index (χ3n) is 0.316. The van der Waals surface area contributed by atoms with Gasteiger partial charge in [-0.3, -0.25) is 4.79 Å². The fourth-order valence-corrected chi connectivity index (χ4v) is 0.0873. The Balaban J connectivity index is 0. The largest absolute Gasteiger partial charge is 1.00 e. The average Bonchev–Trinajstić information content (AvgIpc) is 1.35. The molecule has 0 amide bonds. The van der Waals surface area contributed by atoms with Gasteiger partial charge >= 0.3 is 35.5 Å². The van der Waals surface area contributed by atoms with E-state index < -0.39 is 12.6 Å². The van der Waals surface area contributed by atoms with Gasteiger partial charge in [-0.15, -0.1) is 6.61 Å². The molecule has 1 N–H and O–H groups in total. The van der Waals surface area contributed by atoms with Crippen molar-refractivity contribution in [3.63, 3.8) is 0 Å².